The molecule has 0 nitrogen and oxygen atoms in total. The van der Waals surface area contributed by atoms with Crippen molar-refractivity contribution in [1.82, 2.24) is 0 Å². The number of rotatable bonds is 3. The molecule has 2 rings (SSSR count). The minimum atomic E-state index is 1.16. The highest BCUT2D eigenvalue weighted by molar-refractivity contribution is 5.68. The molecule has 0 fully saturated rings. The van der Waals surface area contributed by atoms with Gasteiger partial charge in [0.15, 0.2) is 0 Å². The Morgan fingerprint density at radius 2 is 1.53 bits per heavy atom. The van der Waals surface area contributed by atoms with E-state index in [0.717, 1.165) is 6.42 Å². The van der Waals surface area contributed by atoms with E-state index in [0.29, 0.717) is 0 Å². The summed E-state index contributed by atoms with van der Waals surface area (Å²) in [6, 6.07) is 15.5. The molecular weight excluding hydrogens is 204 g/mol. The average Bonchev–Trinajstić information content (AvgIpc) is 2.29. The predicted octanol–water partition coefficient (Wildman–Crippen LogP) is 4.92. The molecule has 0 aliphatic carbocycles. The molecule has 0 bridgehead atoms. The lowest BCUT2D eigenvalue weighted by Gasteiger charge is -2.10. The van der Waals surface area contributed by atoms with Crippen LogP contribution in [0.2, 0.25) is 0 Å². The van der Waals surface area contributed by atoms with Gasteiger partial charge < -0.3 is 0 Å². The van der Waals surface area contributed by atoms with Crippen LogP contribution in [-0.2, 0) is 6.42 Å². The number of hydrogen-bond acceptors (Lipinski definition) is 0. The molecule has 0 saturated heterocycles. The monoisotopic (exact) mass is 224 g/mol. The molecule has 0 unspecified atom stereocenters. The molecular formula is C17H20. The molecule has 0 atom stereocenters. The van der Waals surface area contributed by atoms with Gasteiger partial charge in [-0.05, 0) is 37.0 Å². The predicted molar refractivity (Wildman–Crippen MR) is 75.3 cm³/mol. The maximum absolute atomic E-state index is 2.28. The van der Waals surface area contributed by atoms with Crippen LogP contribution in [0.3, 0.4) is 0 Å². The molecule has 0 aliphatic heterocycles. The van der Waals surface area contributed by atoms with Crippen molar-refractivity contribution in [2.24, 2.45) is 0 Å². The Morgan fingerprint density at radius 3 is 2.18 bits per heavy atom. The van der Waals surface area contributed by atoms with E-state index < -0.39 is 0 Å². The van der Waals surface area contributed by atoms with Crippen LogP contribution in [0, 0.1) is 13.8 Å². The SMILES string of the molecule is CCCc1ccccc1-c1cc(C)cc(C)c1. The van der Waals surface area contributed by atoms with Gasteiger partial charge in [-0.15, -0.1) is 0 Å². The van der Waals surface area contributed by atoms with Gasteiger partial charge in [0.05, 0.1) is 0 Å². The van der Waals surface area contributed by atoms with Gasteiger partial charge >= 0.3 is 0 Å². The molecule has 0 heteroatoms. The first-order valence-corrected chi connectivity index (χ1v) is 6.37. The molecule has 0 heterocycles. The smallest absolute Gasteiger partial charge is 0.0152 e. The molecule has 0 aliphatic rings. The van der Waals surface area contributed by atoms with E-state index in [1.807, 2.05) is 0 Å². The Hall–Kier alpha value is -1.56. The zero-order chi connectivity index (χ0) is 12.3. The zero-order valence-corrected chi connectivity index (χ0v) is 11.0. The number of hydrogen-bond donors (Lipinski definition) is 0. The minimum absolute atomic E-state index is 1.16. The van der Waals surface area contributed by atoms with Gasteiger partial charge in [-0.25, -0.2) is 0 Å². The Labute approximate surface area is 104 Å². The van der Waals surface area contributed by atoms with Gasteiger partial charge in [-0.2, -0.15) is 0 Å². The zero-order valence-electron chi connectivity index (χ0n) is 11.0. The fraction of sp³-hybridized carbons (Fsp3) is 0.294. The third-order valence-electron chi connectivity index (χ3n) is 3.07. The summed E-state index contributed by atoms with van der Waals surface area (Å²) in [6.07, 6.45) is 2.35. The second kappa shape index (κ2) is 5.18. The Kier molecular flexibility index (Phi) is 3.63. The molecule has 0 saturated carbocycles. The molecule has 88 valence electrons. The quantitative estimate of drug-likeness (QED) is 0.694. The molecule has 0 amide bonds. The summed E-state index contributed by atoms with van der Waals surface area (Å²) in [5.74, 6) is 0. The third-order valence-corrected chi connectivity index (χ3v) is 3.07. The molecule has 17 heavy (non-hydrogen) atoms. The molecule has 0 spiro atoms. The Balaban J connectivity index is 2.51. The summed E-state index contributed by atoms with van der Waals surface area (Å²) < 4.78 is 0. The molecule has 0 N–H and O–H groups in total. The van der Waals surface area contributed by atoms with Crippen molar-refractivity contribution in [3.63, 3.8) is 0 Å². The van der Waals surface area contributed by atoms with E-state index in [1.165, 1.54) is 34.2 Å². The van der Waals surface area contributed by atoms with Gasteiger partial charge in [-0.1, -0.05) is 66.9 Å². The van der Waals surface area contributed by atoms with Gasteiger partial charge in [0.1, 0.15) is 0 Å². The maximum atomic E-state index is 2.28. The summed E-state index contributed by atoms with van der Waals surface area (Å²) >= 11 is 0. The van der Waals surface area contributed by atoms with Gasteiger partial charge in [0.25, 0.3) is 0 Å². The van der Waals surface area contributed by atoms with E-state index in [-0.39, 0.29) is 0 Å². The van der Waals surface area contributed by atoms with Crippen LogP contribution in [0.15, 0.2) is 42.5 Å². The van der Waals surface area contributed by atoms with Crippen molar-refractivity contribution in [3.8, 4) is 11.1 Å². The topological polar surface area (TPSA) is 0 Å². The van der Waals surface area contributed by atoms with Crippen molar-refractivity contribution in [2.75, 3.05) is 0 Å². The van der Waals surface area contributed by atoms with Crippen molar-refractivity contribution < 1.29 is 0 Å². The van der Waals surface area contributed by atoms with E-state index in [9.17, 15) is 0 Å². The summed E-state index contributed by atoms with van der Waals surface area (Å²) in [4.78, 5) is 0. The van der Waals surface area contributed by atoms with Crippen LogP contribution in [0.5, 0.6) is 0 Å². The normalized spacial score (nSPS) is 10.5. The second-order valence-electron chi connectivity index (χ2n) is 4.78. The van der Waals surface area contributed by atoms with Gasteiger partial charge in [-0.3, -0.25) is 0 Å². The first-order valence-electron chi connectivity index (χ1n) is 6.37. The highest BCUT2D eigenvalue weighted by Crippen LogP contribution is 2.26. The van der Waals surface area contributed by atoms with Gasteiger partial charge in [0.2, 0.25) is 0 Å². The van der Waals surface area contributed by atoms with Crippen LogP contribution in [-0.4, -0.2) is 0 Å². The molecule has 0 radical (unpaired) electrons. The van der Waals surface area contributed by atoms with E-state index in [4.69, 9.17) is 0 Å². The van der Waals surface area contributed by atoms with Crippen LogP contribution in [0.1, 0.15) is 30.0 Å². The largest absolute Gasteiger partial charge is 0.0651 e. The minimum Gasteiger partial charge on any atom is -0.0651 e. The highest BCUT2D eigenvalue weighted by atomic mass is 14.1. The Morgan fingerprint density at radius 1 is 0.882 bits per heavy atom. The summed E-state index contributed by atoms with van der Waals surface area (Å²) in [7, 11) is 0. The molecule has 2 aromatic rings. The maximum Gasteiger partial charge on any atom is -0.0152 e. The van der Waals surface area contributed by atoms with E-state index in [2.05, 4.69) is 63.2 Å². The van der Waals surface area contributed by atoms with Crippen LogP contribution >= 0.6 is 0 Å². The van der Waals surface area contributed by atoms with Crippen molar-refractivity contribution in [2.45, 2.75) is 33.6 Å². The van der Waals surface area contributed by atoms with Crippen molar-refractivity contribution in [3.05, 3.63) is 59.2 Å². The van der Waals surface area contributed by atoms with E-state index >= 15 is 0 Å². The lowest BCUT2D eigenvalue weighted by Crippen LogP contribution is -1.90. The van der Waals surface area contributed by atoms with Gasteiger partial charge in [0, 0.05) is 0 Å². The fourth-order valence-electron chi connectivity index (χ4n) is 2.42. The van der Waals surface area contributed by atoms with Crippen LogP contribution in [0.4, 0.5) is 0 Å². The lowest BCUT2D eigenvalue weighted by atomic mass is 9.95. The first kappa shape index (κ1) is 11.9. The van der Waals surface area contributed by atoms with Crippen LogP contribution < -0.4 is 0 Å². The van der Waals surface area contributed by atoms with Crippen molar-refractivity contribution >= 4 is 0 Å². The van der Waals surface area contributed by atoms with Crippen LogP contribution in [0.25, 0.3) is 11.1 Å². The third kappa shape index (κ3) is 2.76. The summed E-state index contributed by atoms with van der Waals surface area (Å²) in [5.41, 5.74) is 6.88. The highest BCUT2D eigenvalue weighted by Gasteiger charge is 2.04. The average molecular weight is 224 g/mol. The lowest BCUT2D eigenvalue weighted by molar-refractivity contribution is 0.923. The number of benzene rings is 2. The number of aryl methyl sites for hydroxylation is 3. The van der Waals surface area contributed by atoms with E-state index in [1.54, 1.807) is 0 Å². The van der Waals surface area contributed by atoms with Crippen molar-refractivity contribution in [1.29, 1.82) is 0 Å². The standard InChI is InChI=1S/C17H20/c1-4-7-15-8-5-6-9-17(15)16-11-13(2)10-14(3)12-16/h5-6,8-12H,4,7H2,1-3H3. The fourth-order valence-corrected chi connectivity index (χ4v) is 2.42. The second-order valence-corrected chi connectivity index (χ2v) is 4.78. The molecule has 0 aromatic heterocycles. The first-order chi connectivity index (χ1) is 8.20. The Bertz CT molecular complexity index is 489. The summed E-state index contributed by atoms with van der Waals surface area (Å²) in [6.45, 7) is 6.57. The molecule has 2 aromatic carbocycles. The summed E-state index contributed by atoms with van der Waals surface area (Å²) in [5, 5.41) is 0.